The van der Waals surface area contributed by atoms with Gasteiger partial charge in [0.05, 0.1) is 7.11 Å². The lowest BCUT2D eigenvalue weighted by Gasteiger charge is -2.24. The summed E-state index contributed by atoms with van der Waals surface area (Å²) in [5.74, 6) is 0.956. The second-order valence-corrected chi connectivity index (χ2v) is 4.83. The first-order chi connectivity index (χ1) is 6.91. The predicted molar refractivity (Wildman–Crippen MR) is 66.5 cm³/mol. The highest BCUT2D eigenvalue weighted by atomic mass is 16.5. The number of benzene rings is 1. The summed E-state index contributed by atoms with van der Waals surface area (Å²) in [5.41, 5.74) is 3.63. The van der Waals surface area contributed by atoms with E-state index in [2.05, 4.69) is 46.4 Å². The van der Waals surface area contributed by atoms with Crippen LogP contribution in [0.2, 0.25) is 0 Å². The maximum atomic E-state index is 5.50. The Balaban J connectivity index is 3.49. The van der Waals surface area contributed by atoms with Crippen LogP contribution in [-0.2, 0) is 5.41 Å². The lowest BCUT2D eigenvalue weighted by molar-refractivity contribution is 0.396. The van der Waals surface area contributed by atoms with E-state index in [4.69, 9.17) is 4.74 Å². The van der Waals surface area contributed by atoms with Gasteiger partial charge in [-0.3, -0.25) is 0 Å². The average Bonchev–Trinajstić information content (AvgIpc) is 2.15. The van der Waals surface area contributed by atoms with Gasteiger partial charge in [-0.05, 0) is 17.9 Å². The van der Waals surface area contributed by atoms with Gasteiger partial charge < -0.3 is 4.74 Å². The molecule has 0 bridgehead atoms. The molecule has 0 aromatic heterocycles. The summed E-state index contributed by atoms with van der Waals surface area (Å²) in [6.45, 7) is 12.5. The van der Waals surface area contributed by atoms with Gasteiger partial charge in [-0.15, -0.1) is 0 Å². The smallest absolute Gasteiger partial charge is 0.130 e. The third kappa shape index (κ3) is 2.23. The van der Waals surface area contributed by atoms with Gasteiger partial charge in [-0.1, -0.05) is 45.6 Å². The van der Waals surface area contributed by atoms with Crippen molar-refractivity contribution in [2.75, 3.05) is 7.11 Å². The minimum Gasteiger partial charge on any atom is -0.496 e. The molecule has 0 N–H and O–H groups in total. The van der Waals surface area contributed by atoms with Crippen LogP contribution in [-0.4, -0.2) is 7.11 Å². The van der Waals surface area contributed by atoms with E-state index in [0.29, 0.717) is 0 Å². The zero-order chi connectivity index (χ0) is 11.6. The first kappa shape index (κ1) is 11.8. The molecular formula is C14H20O. The van der Waals surface area contributed by atoms with Crippen LogP contribution in [0.1, 0.15) is 37.5 Å². The molecule has 0 aliphatic carbocycles. The fourth-order valence-corrected chi connectivity index (χ4v) is 1.76. The minimum atomic E-state index is 0.0941. The van der Waals surface area contributed by atoms with Gasteiger partial charge in [0.15, 0.2) is 0 Å². The largest absolute Gasteiger partial charge is 0.496 e. The number of aryl methyl sites for hydroxylation is 1. The summed E-state index contributed by atoms with van der Waals surface area (Å²) in [4.78, 5) is 0. The third-order valence-corrected chi connectivity index (χ3v) is 2.63. The van der Waals surface area contributed by atoms with E-state index in [1.54, 1.807) is 7.11 Å². The fraction of sp³-hybridized carbons (Fsp3) is 0.429. The molecule has 0 atom stereocenters. The van der Waals surface area contributed by atoms with Crippen molar-refractivity contribution in [3.8, 4) is 5.75 Å². The van der Waals surface area contributed by atoms with Gasteiger partial charge in [0.25, 0.3) is 0 Å². The van der Waals surface area contributed by atoms with Crippen molar-refractivity contribution in [3.05, 3.63) is 35.4 Å². The Bertz CT molecular complexity index is 370. The molecule has 0 aliphatic rings. The summed E-state index contributed by atoms with van der Waals surface area (Å²) < 4.78 is 5.50. The van der Waals surface area contributed by atoms with Gasteiger partial charge >= 0.3 is 0 Å². The normalized spacial score (nSPS) is 11.3. The van der Waals surface area contributed by atoms with Crippen molar-refractivity contribution in [1.82, 2.24) is 0 Å². The SMILES string of the molecule is C=Cc1c(C)ccc(C(C)(C)C)c1OC. The van der Waals surface area contributed by atoms with Crippen LogP contribution in [0.3, 0.4) is 0 Å². The second kappa shape index (κ2) is 4.09. The average molecular weight is 204 g/mol. The number of hydrogen-bond donors (Lipinski definition) is 0. The van der Waals surface area contributed by atoms with E-state index in [1.165, 1.54) is 11.1 Å². The molecule has 82 valence electrons. The Kier molecular flexibility index (Phi) is 3.23. The molecule has 0 saturated heterocycles. The maximum Gasteiger partial charge on any atom is 0.130 e. The van der Waals surface area contributed by atoms with Crippen molar-refractivity contribution in [3.63, 3.8) is 0 Å². The van der Waals surface area contributed by atoms with Crippen LogP contribution in [0.25, 0.3) is 6.08 Å². The Morgan fingerprint density at radius 2 is 1.87 bits per heavy atom. The molecule has 0 heterocycles. The summed E-state index contributed by atoms with van der Waals surface area (Å²) in [7, 11) is 1.72. The van der Waals surface area contributed by atoms with Crippen molar-refractivity contribution in [2.45, 2.75) is 33.1 Å². The standard InChI is InChI=1S/C14H20O/c1-7-11-10(2)8-9-12(13(11)15-6)14(3,4)5/h7-9H,1H2,2-6H3. The van der Waals surface area contributed by atoms with Crippen molar-refractivity contribution >= 4 is 6.08 Å². The number of rotatable bonds is 2. The second-order valence-electron chi connectivity index (χ2n) is 4.83. The van der Waals surface area contributed by atoms with Crippen LogP contribution in [0.15, 0.2) is 18.7 Å². The quantitative estimate of drug-likeness (QED) is 0.709. The summed E-state index contributed by atoms with van der Waals surface area (Å²) in [6.07, 6.45) is 1.86. The van der Waals surface area contributed by atoms with E-state index in [0.717, 1.165) is 11.3 Å². The topological polar surface area (TPSA) is 9.23 Å². The molecule has 1 aromatic carbocycles. The molecule has 0 aliphatic heterocycles. The molecule has 0 unspecified atom stereocenters. The summed E-state index contributed by atoms with van der Waals surface area (Å²) in [6, 6.07) is 4.27. The van der Waals surface area contributed by atoms with Crippen molar-refractivity contribution < 1.29 is 4.74 Å². The van der Waals surface area contributed by atoms with Crippen LogP contribution < -0.4 is 4.74 Å². The van der Waals surface area contributed by atoms with E-state index >= 15 is 0 Å². The highest BCUT2D eigenvalue weighted by molar-refractivity contribution is 5.63. The molecule has 15 heavy (non-hydrogen) atoms. The molecule has 1 rings (SSSR count). The molecule has 0 saturated carbocycles. The zero-order valence-corrected chi connectivity index (χ0v) is 10.3. The van der Waals surface area contributed by atoms with E-state index in [-0.39, 0.29) is 5.41 Å². The molecule has 0 radical (unpaired) electrons. The number of hydrogen-bond acceptors (Lipinski definition) is 1. The molecule has 1 heteroatoms. The monoisotopic (exact) mass is 204 g/mol. The minimum absolute atomic E-state index is 0.0941. The number of methoxy groups -OCH3 is 1. The van der Waals surface area contributed by atoms with Crippen molar-refractivity contribution in [1.29, 1.82) is 0 Å². The molecule has 0 spiro atoms. The van der Waals surface area contributed by atoms with Crippen LogP contribution in [0.5, 0.6) is 5.75 Å². The fourth-order valence-electron chi connectivity index (χ4n) is 1.76. The molecular weight excluding hydrogens is 184 g/mol. The molecule has 0 amide bonds. The lowest BCUT2D eigenvalue weighted by Crippen LogP contribution is -2.13. The maximum absolute atomic E-state index is 5.50. The van der Waals surface area contributed by atoms with E-state index < -0.39 is 0 Å². The van der Waals surface area contributed by atoms with Gasteiger partial charge in [0.2, 0.25) is 0 Å². The summed E-state index contributed by atoms with van der Waals surface area (Å²) in [5, 5.41) is 0. The first-order valence-electron chi connectivity index (χ1n) is 5.22. The van der Waals surface area contributed by atoms with E-state index in [1.807, 2.05) is 6.08 Å². The Hall–Kier alpha value is -1.24. The predicted octanol–water partition coefficient (Wildman–Crippen LogP) is 3.94. The lowest BCUT2D eigenvalue weighted by atomic mass is 9.84. The molecule has 1 aromatic rings. The van der Waals surface area contributed by atoms with Gasteiger partial charge in [0.1, 0.15) is 5.75 Å². The van der Waals surface area contributed by atoms with Gasteiger partial charge in [-0.25, -0.2) is 0 Å². The zero-order valence-electron chi connectivity index (χ0n) is 10.3. The highest BCUT2D eigenvalue weighted by Gasteiger charge is 2.20. The van der Waals surface area contributed by atoms with Crippen LogP contribution in [0.4, 0.5) is 0 Å². The van der Waals surface area contributed by atoms with Crippen molar-refractivity contribution in [2.24, 2.45) is 0 Å². The Morgan fingerprint density at radius 1 is 1.27 bits per heavy atom. The van der Waals surface area contributed by atoms with Crippen LogP contribution in [0, 0.1) is 6.92 Å². The number of ether oxygens (including phenoxy) is 1. The van der Waals surface area contributed by atoms with E-state index in [9.17, 15) is 0 Å². The summed E-state index contributed by atoms with van der Waals surface area (Å²) >= 11 is 0. The Morgan fingerprint density at radius 3 is 2.27 bits per heavy atom. The van der Waals surface area contributed by atoms with Crippen LogP contribution >= 0.6 is 0 Å². The molecule has 0 fully saturated rings. The molecule has 1 nitrogen and oxygen atoms in total. The Labute approximate surface area is 92.8 Å². The van der Waals surface area contributed by atoms with Gasteiger partial charge in [0, 0.05) is 11.1 Å². The third-order valence-electron chi connectivity index (χ3n) is 2.63. The highest BCUT2D eigenvalue weighted by Crippen LogP contribution is 2.35. The first-order valence-corrected chi connectivity index (χ1v) is 5.22. The van der Waals surface area contributed by atoms with Gasteiger partial charge in [-0.2, -0.15) is 0 Å².